The molecule has 3 nitrogen and oxygen atoms in total. The topological polar surface area (TPSA) is 32.3 Å². The molecule has 0 saturated carbocycles. The van der Waals surface area contributed by atoms with Gasteiger partial charge in [0.15, 0.2) is 0 Å². The molecule has 1 atom stereocenters. The molecule has 1 rings (SSSR count). The van der Waals surface area contributed by atoms with Crippen LogP contribution in [0.1, 0.15) is 6.42 Å². The summed E-state index contributed by atoms with van der Waals surface area (Å²) in [6.07, 6.45) is -5.47. The predicted molar refractivity (Wildman–Crippen MR) is 45.0 cm³/mol. The van der Waals surface area contributed by atoms with E-state index < -0.39 is 24.0 Å². The molecule has 1 fully saturated rings. The molecule has 1 unspecified atom stereocenters. The lowest BCUT2D eigenvalue weighted by Crippen LogP contribution is -2.53. The average Bonchev–Trinajstić information content (AvgIpc) is 2.49. The number of nitrogens with one attached hydrogen (secondary N) is 1. The van der Waals surface area contributed by atoms with Gasteiger partial charge in [-0.05, 0) is 20.0 Å². The minimum atomic E-state index is -5.85. The summed E-state index contributed by atoms with van der Waals surface area (Å²) in [6, 6.07) is -0.647. The Labute approximate surface area is 88.6 Å². The van der Waals surface area contributed by atoms with E-state index in [1.165, 1.54) is 0 Å². The van der Waals surface area contributed by atoms with Gasteiger partial charge in [-0.2, -0.15) is 22.0 Å². The van der Waals surface area contributed by atoms with E-state index in [1.807, 2.05) is 0 Å². The Kier molecular flexibility index (Phi) is 3.41. The number of amides is 1. The summed E-state index contributed by atoms with van der Waals surface area (Å²) in [5.74, 6) is -7.60. The molecule has 1 aliphatic rings. The normalized spacial score (nSPS) is 23.5. The van der Waals surface area contributed by atoms with Crippen LogP contribution in [0.3, 0.4) is 0 Å². The Morgan fingerprint density at radius 1 is 1.31 bits per heavy atom. The maximum absolute atomic E-state index is 12.5. The van der Waals surface area contributed by atoms with E-state index in [2.05, 4.69) is 0 Å². The first-order valence-electron chi connectivity index (χ1n) is 4.58. The first-order valence-corrected chi connectivity index (χ1v) is 4.58. The van der Waals surface area contributed by atoms with Gasteiger partial charge in [0.1, 0.15) is 0 Å². The van der Waals surface area contributed by atoms with E-state index in [4.69, 9.17) is 0 Å². The van der Waals surface area contributed by atoms with E-state index >= 15 is 0 Å². The van der Waals surface area contributed by atoms with Crippen LogP contribution in [0.25, 0.3) is 0 Å². The molecule has 1 aliphatic heterocycles. The second-order valence-corrected chi connectivity index (χ2v) is 3.79. The smallest absolute Gasteiger partial charge is 0.346 e. The summed E-state index contributed by atoms with van der Waals surface area (Å²) >= 11 is 0. The Balaban J connectivity index is 2.59. The largest absolute Gasteiger partial charge is 0.463 e. The van der Waals surface area contributed by atoms with E-state index in [9.17, 15) is 26.7 Å². The number of hydrogen-bond donors (Lipinski definition) is 1. The zero-order valence-electron chi connectivity index (χ0n) is 8.44. The Bertz CT molecular complexity index is 278. The van der Waals surface area contributed by atoms with Crippen LogP contribution < -0.4 is 5.32 Å². The third-order valence-electron chi connectivity index (χ3n) is 2.37. The predicted octanol–water partition coefficient (Wildman–Crippen LogP) is 1.00. The lowest BCUT2D eigenvalue weighted by molar-refractivity contribution is -0.270. The summed E-state index contributed by atoms with van der Waals surface area (Å²) in [5.41, 5.74) is 0. The zero-order chi connectivity index (χ0) is 12.6. The van der Waals surface area contributed by atoms with Gasteiger partial charge < -0.3 is 10.2 Å². The highest BCUT2D eigenvalue weighted by Gasteiger charge is 2.63. The Morgan fingerprint density at radius 3 is 2.25 bits per heavy atom. The highest BCUT2D eigenvalue weighted by atomic mass is 19.4. The van der Waals surface area contributed by atoms with Crippen LogP contribution in [0.2, 0.25) is 0 Å². The van der Waals surface area contributed by atoms with Crippen molar-refractivity contribution in [3.63, 3.8) is 0 Å². The fourth-order valence-corrected chi connectivity index (χ4v) is 1.46. The minimum absolute atomic E-state index is 0.277. The third-order valence-corrected chi connectivity index (χ3v) is 2.37. The van der Waals surface area contributed by atoms with Gasteiger partial charge in [0.25, 0.3) is 0 Å². The molecule has 1 saturated heterocycles. The standard InChI is InChI=1S/C8H11F5N2O/c1-15-3-2-5(4-15)14-6(16)7(9,10)8(11,12)13/h5H,2-4H2,1H3,(H,14,16). The van der Waals surface area contributed by atoms with Crippen molar-refractivity contribution in [2.24, 2.45) is 0 Å². The molecule has 94 valence electrons. The van der Waals surface area contributed by atoms with Crippen LogP contribution in [0, 0.1) is 0 Å². The van der Waals surface area contributed by atoms with Gasteiger partial charge >= 0.3 is 18.0 Å². The van der Waals surface area contributed by atoms with Crippen molar-refractivity contribution >= 4 is 5.91 Å². The number of rotatable bonds is 2. The lowest BCUT2D eigenvalue weighted by Gasteiger charge is -2.21. The second-order valence-electron chi connectivity index (χ2n) is 3.79. The van der Waals surface area contributed by atoms with Crippen molar-refractivity contribution in [3.8, 4) is 0 Å². The number of carbonyl (C=O) groups excluding carboxylic acids is 1. The molecule has 0 aromatic rings. The quantitative estimate of drug-likeness (QED) is 0.737. The van der Waals surface area contributed by atoms with Crippen molar-refractivity contribution in [1.82, 2.24) is 10.2 Å². The molecule has 0 aromatic heterocycles. The number of alkyl halides is 5. The molecule has 0 radical (unpaired) electrons. The number of likely N-dealkylation sites (tertiary alicyclic amines) is 1. The molecular weight excluding hydrogens is 235 g/mol. The molecule has 0 spiro atoms. The number of carbonyl (C=O) groups is 1. The van der Waals surface area contributed by atoms with Gasteiger partial charge in [-0.1, -0.05) is 0 Å². The second kappa shape index (κ2) is 4.15. The monoisotopic (exact) mass is 246 g/mol. The fourth-order valence-electron chi connectivity index (χ4n) is 1.46. The molecule has 0 aliphatic carbocycles. The minimum Gasteiger partial charge on any atom is -0.346 e. The maximum Gasteiger partial charge on any atom is 0.463 e. The van der Waals surface area contributed by atoms with Gasteiger partial charge in [0.2, 0.25) is 0 Å². The summed E-state index contributed by atoms with van der Waals surface area (Å²) in [6.45, 7) is 0.836. The van der Waals surface area contributed by atoms with Crippen LogP contribution in [-0.4, -0.2) is 49.1 Å². The number of hydrogen-bond acceptors (Lipinski definition) is 2. The van der Waals surface area contributed by atoms with Crippen LogP contribution in [-0.2, 0) is 4.79 Å². The molecule has 16 heavy (non-hydrogen) atoms. The number of nitrogens with zero attached hydrogens (tertiary/aromatic N) is 1. The van der Waals surface area contributed by atoms with Crippen molar-refractivity contribution in [2.45, 2.75) is 24.6 Å². The van der Waals surface area contributed by atoms with Gasteiger partial charge in [-0.25, -0.2) is 0 Å². The van der Waals surface area contributed by atoms with Crippen molar-refractivity contribution < 1.29 is 26.7 Å². The lowest BCUT2D eigenvalue weighted by atomic mass is 10.2. The highest BCUT2D eigenvalue weighted by Crippen LogP contribution is 2.35. The summed E-state index contributed by atoms with van der Waals surface area (Å²) in [5, 5.41) is 1.71. The molecule has 0 bridgehead atoms. The molecule has 8 heteroatoms. The van der Waals surface area contributed by atoms with E-state index in [-0.39, 0.29) is 6.54 Å². The molecule has 1 N–H and O–H groups in total. The first-order chi connectivity index (χ1) is 7.14. The summed E-state index contributed by atoms with van der Waals surface area (Å²) < 4.78 is 60.5. The molecule has 1 amide bonds. The van der Waals surface area contributed by atoms with Gasteiger partial charge in [-0.15, -0.1) is 0 Å². The van der Waals surface area contributed by atoms with Crippen molar-refractivity contribution in [1.29, 1.82) is 0 Å². The Hall–Kier alpha value is -0.920. The van der Waals surface area contributed by atoms with Crippen LogP contribution >= 0.6 is 0 Å². The number of likely N-dealkylation sites (N-methyl/N-ethyl adjacent to an activating group) is 1. The van der Waals surface area contributed by atoms with Crippen LogP contribution in [0.5, 0.6) is 0 Å². The number of halogens is 5. The first kappa shape index (κ1) is 13.1. The zero-order valence-corrected chi connectivity index (χ0v) is 8.44. The summed E-state index contributed by atoms with van der Waals surface area (Å²) in [7, 11) is 1.69. The molecular formula is C8H11F5N2O. The average molecular weight is 246 g/mol. The third kappa shape index (κ3) is 2.60. The van der Waals surface area contributed by atoms with E-state index in [0.717, 1.165) is 0 Å². The van der Waals surface area contributed by atoms with Crippen LogP contribution in [0.15, 0.2) is 0 Å². The summed E-state index contributed by atoms with van der Waals surface area (Å²) in [4.78, 5) is 12.5. The van der Waals surface area contributed by atoms with E-state index in [0.29, 0.717) is 13.0 Å². The molecule has 1 heterocycles. The highest BCUT2D eigenvalue weighted by molar-refractivity contribution is 5.84. The van der Waals surface area contributed by atoms with Crippen LogP contribution in [0.4, 0.5) is 22.0 Å². The Morgan fingerprint density at radius 2 is 1.88 bits per heavy atom. The fraction of sp³-hybridized carbons (Fsp3) is 0.875. The SMILES string of the molecule is CN1CCC(NC(=O)C(F)(F)C(F)(F)F)C1. The van der Waals surface area contributed by atoms with Crippen molar-refractivity contribution in [2.75, 3.05) is 20.1 Å². The van der Waals surface area contributed by atoms with Gasteiger partial charge in [0.05, 0.1) is 0 Å². The maximum atomic E-state index is 12.5. The molecule has 0 aromatic carbocycles. The van der Waals surface area contributed by atoms with Gasteiger partial charge in [0, 0.05) is 12.6 Å². The van der Waals surface area contributed by atoms with Crippen molar-refractivity contribution in [3.05, 3.63) is 0 Å². The van der Waals surface area contributed by atoms with E-state index in [1.54, 1.807) is 17.3 Å². The van der Waals surface area contributed by atoms with Gasteiger partial charge in [-0.3, -0.25) is 4.79 Å².